The van der Waals surface area contributed by atoms with Gasteiger partial charge in [0.25, 0.3) is 0 Å². The zero-order chi connectivity index (χ0) is 16.9. The number of nitrogens with zero attached hydrogens (tertiary/aromatic N) is 1. The van der Waals surface area contributed by atoms with Crippen LogP contribution in [0, 0.1) is 5.92 Å². The van der Waals surface area contributed by atoms with Gasteiger partial charge in [-0.05, 0) is 35.6 Å². The van der Waals surface area contributed by atoms with E-state index in [-0.39, 0.29) is 11.8 Å². The van der Waals surface area contributed by atoms with Gasteiger partial charge >= 0.3 is 0 Å². The van der Waals surface area contributed by atoms with Crippen LogP contribution in [0.1, 0.15) is 32.3 Å². The van der Waals surface area contributed by atoms with Crippen molar-refractivity contribution < 1.29 is 4.79 Å². The predicted octanol–water partition coefficient (Wildman–Crippen LogP) is 3.62. The van der Waals surface area contributed by atoms with Crippen molar-refractivity contribution >= 4 is 16.7 Å². The van der Waals surface area contributed by atoms with Gasteiger partial charge < -0.3 is 10.2 Å². The lowest BCUT2D eigenvalue weighted by Gasteiger charge is -2.32. The molecule has 1 N–H and O–H groups in total. The van der Waals surface area contributed by atoms with Crippen molar-refractivity contribution in [1.29, 1.82) is 0 Å². The molecule has 0 saturated carbocycles. The molecule has 3 rings (SSSR count). The van der Waals surface area contributed by atoms with Crippen LogP contribution >= 0.6 is 0 Å². The summed E-state index contributed by atoms with van der Waals surface area (Å²) in [5.74, 6) is 0.264. The van der Waals surface area contributed by atoms with Gasteiger partial charge in [0, 0.05) is 31.6 Å². The minimum Gasteiger partial charge on any atom is -0.353 e. The van der Waals surface area contributed by atoms with Crippen molar-refractivity contribution in [3.05, 3.63) is 48.0 Å². The molecule has 0 atom stereocenters. The number of nitrogens with one attached hydrogen (secondary N) is 1. The fourth-order valence-electron chi connectivity index (χ4n) is 3.35. The Balaban J connectivity index is 1.47. The molecular formula is C21H28N2O. The van der Waals surface area contributed by atoms with Crippen LogP contribution in [0.5, 0.6) is 0 Å². The first-order valence-corrected chi connectivity index (χ1v) is 9.12. The fraction of sp³-hybridized carbons (Fsp3) is 0.476. The summed E-state index contributed by atoms with van der Waals surface area (Å²) in [6.45, 7) is 7.17. The van der Waals surface area contributed by atoms with Crippen LogP contribution in [0.2, 0.25) is 0 Å². The minimum absolute atomic E-state index is 0.0796. The topological polar surface area (TPSA) is 32.3 Å². The Kier molecular flexibility index (Phi) is 5.52. The van der Waals surface area contributed by atoms with E-state index in [1.807, 2.05) is 13.8 Å². The maximum atomic E-state index is 11.8. The molecule has 2 aromatic carbocycles. The molecule has 2 aromatic rings. The second-order valence-corrected chi connectivity index (χ2v) is 7.21. The van der Waals surface area contributed by atoms with Crippen LogP contribution in [-0.4, -0.2) is 36.5 Å². The summed E-state index contributed by atoms with van der Waals surface area (Å²) in [7, 11) is 0. The average molecular weight is 324 g/mol. The molecular weight excluding hydrogens is 296 g/mol. The molecule has 128 valence electrons. The molecule has 0 aliphatic carbocycles. The number of benzene rings is 2. The van der Waals surface area contributed by atoms with E-state index in [4.69, 9.17) is 0 Å². The van der Waals surface area contributed by atoms with E-state index in [2.05, 4.69) is 52.7 Å². The number of hydrogen-bond acceptors (Lipinski definition) is 2. The second kappa shape index (κ2) is 7.80. The van der Waals surface area contributed by atoms with Gasteiger partial charge in [-0.2, -0.15) is 0 Å². The zero-order valence-electron chi connectivity index (χ0n) is 14.8. The lowest BCUT2D eigenvalue weighted by Crippen LogP contribution is -2.46. The fourth-order valence-corrected chi connectivity index (χ4v) is 3.35. The molecule has 1 aliphatic rings. The maximum absolute atomic E-state index is 11.8. The Labute approximate surface area is 145 Å². The number of rotatable bonds is 5. The molecule has 1 amide bonds. The Morgan fingerprint density at radius 1 is 1.12 bits per heavy atom. The number of carbonyl (C=O) groups is 1. The van der Waals surface area contributed by atoms with E-state index in [0.29, 0.717) is 6.04 Å². The Morgan fingerprint density at radius 2 is 1.83 bits per heavy atom. The summed E-state index contributed by atoms with van der Waals surface area (Å²) in [5, 5.41) is 5.80. The third kappa shape index (κ3) is 4.35. The molecule has 1 saturated heterocycles. The van der Waals surface area contributed by atoms with Crippen molar-refractivity contribution in [3.8, 4) is 0 Å². The molecule has 3 nitrogen and oxygen atoms in total. The van der Waals surface area contributed by atoms with E-state index in [9.17, 15) is 4.79 Å². The lowest BCUT2D eigenvalue weighted by atomic mass is 10.0. The summed E-state index contributed by atoms with van der Waals surface area (Å²) >= 11 is 0. The average Bonchev–Trinajstić information content (AvgIpc) is 2.61. The van der Waals surface area contributed by atoms with E-state index in [1.54, 1.807) is 0 Å². The van der Waals surface area contributed by atoms with Gasteiger partial charge in [0.2, 0.25) is 5.91 Å². The Bertz CT molecular complexity index is 687. The molecule has 0 aromatic heterocycles. The van der Waals surface area contributed by atoms with Crippen LogP contribution in [0.4, 0.5) is 0 Å². The molecule has 1 heterocycles. The van der Waals surface area contributed by atoms with Crippen molar-refractivity contribution in [2.75, 3.05) is 19.6 Å². The standard InChI is InChI=1S/C21H28N2O/c1-16(2)21(24)22-20-10-13-23(14-11-20)12-9-17-7-8-18-5-3-4-6-19(18)15-17/h3-8,15-16,20H,9-14H2,1-2H3,(H,22,24). The summed E-state index contributed by atoms with van der Waals surface area (Å²) in [6, 6.07) is 15.7. The Morgan fingerprint density at radius 3 is 2.54 bits per heavy atom. The molecule has 0 bridgehead atoms. The maximum Gasteiger partial charge on any atom is 0.222 e. The summed E-state index contributed by atoms with van der Waals surface area (Å²) < 4.78 is 0. The molecule has 24 heavy (non-hydrogen) atoms. The smallest absolute Gasteiger partial charge is 0.222 e. The van der Waals surface area contributed by atoms with Gasteiger partial charge in [0.15, 0.2) is 0 Å². The molecule has 0 spiro atoms. The third-order valence-electron chi connectivity index (χ3n) is 4.99. The summed E-state index contributed by atoms with van der Waals surface area (Å²) in [4.78, 5) is 14.3. The van der Waals surface area contributed by atoms with Crippen molar-refractivity contribution in [2.45, 2.75) is 39.2 Å². The first-order valence-electron chi connectivity index (χ1n) is 9.12. The van der Waals surface area contributed by atoms with Crippen molar-refractivity contribution in [3.63, 3.8) is 0 Å². The van der Waals surface area contributed by atoms with Crippen LogP contribution in [0.15, 0.2) is 42.5 Å². The van der Waals surface area contributed by atoms with Gasteiger partial charge in [0.05, 0.1) is 0 Å². The highest BCUT2D eigenvalue weighted by Crippen LogP contribution is 2.17. The van der Waals surface area contributed by atoms with Gasteiger partial charge in [-0.15, -0.1) is 0 Å². The van der Waals surface area contributed by atoms with Gasteiger partial charge in [-0.3, -0.25) is 4.79 Å². The van der Waals surface area contributed by atoms with E-state index in [1.165, 1.54) is 16.3 Å². The van der Waals surface area contributed by atoms with Crippen molar-refractivity contribution in [2.24, 2.45) is 5.92 Å². The molecule has 3 heteroatoms. The SMILES string of the molecule is CC(C)C(=O)NC1CCN(CCc2ccc3ccccc3c2)CC1. The van der Waals surface area contributed by atoms with Gasteiger partial charge in [0.1, 0.15) is 0 Å². The van der Waals surface area contributed by atoms with Gasteiger partial charge in [-0.1, -0.05) is 56.3 Å². The molecule has 1 aliphatic heterocycles. The quantitative estimate of drug-likeness (QED) is 0.911. The third-order valence-corrected chi connectivity index (χ3v) is 4.99. The monoisotopic (exact) mass is 324 g/mol. The van der Waals surface area contributed by atoms with Crippen LogP contribution in [-0.2, 0) is 11.2 Å². The Hall–Kier alpha value is -1.87. The van der Waals surface area contributed by atoms with Crippen LogP contribution in [0.25, 0.3) is 10.8 Å². The first-order chi connectivity index (χ1) is 11.6. The minimum atomic E-state index is 0.0796. The normalized spacial score (nSPS) is 16.6. The highest BCUT2D eigenvalue weighted by Gasteiger charge is 2.21. The van der Waals surface area contributed by atoms with Crippen molar-refractivity contribution in [1.82, 2.24) is 10.2 Å². The molecule has 0 unspecified atom stereocenters. The first kappa shape index (κ1) is 17.0. The molecule has 0 radical (unpaired) electrons. The number of likely N-dealkylation sites (tertiary alicyclic amines) is 1. The van der Waals surface area contributed by atoms with Crippen LogP contribution < -0.4 is 5.32 Å². The highest BCUT2D eigenvalue weighted by atomic mass is 16.1. The number of piperidine rings is 1. The van der Waals surface area contributed by atoms with Crippen LogP contribution in [0.3, 0.4) is 0 Å². The largest absolute Gasteiger partial charge is 0.353 e. The predicted molar refractivity (Wildman–Crippen MR) is 100 cm³/mol. The van der Waals surface area contributed by atoms with E-state index < -0.39 is 0 Å². The highest BCUT2D eigenvalue weighted by molar-refractivity contribution is 5.83. The van der Waals surface area contributed by atoms with E-state index in [0.717, 1.165) is 38.9 Å². The second-order valence-electron chi connectivity index (χ2n) is 7.21. The number of hydrogen-bond donors (Lipinski definition) is 1. The summed E-state index contributed by atoms with van der Waals surface area (Å²) in [6.07, 6.45) is 3.22. The number of fused-ring (bicyclic) bond motifs is 1. The number of amides is 1. The number of carbonyl (C=O) groups excluding carboxylic acids is 1. The zero-order valence-corrected chi connectivity index (χ0v) is 14.8. The van der Waals surface area contributed by atoms with Gasteiger partial charge in [-0.25, -0.2) is 0 Å². The van der Waals surface area contributed by atoms with E-state index >= 15 is 0 Å². The summed E-state index contributed by atoms with van der Waals surface area (Å²) in [5.41, 5.74) is 1.41. The molecule has 1 fully saturated rings. The lowest BCUT2D eigenvalue weighted by molar-refractivity contribution is -0.125.